The van der Waals surface area contributed by atoms with Crippen LogP contribution in [0.15, 0.2) is 36.9 Å². The molecule has 0 saturated carbocycles. The average molecular weight is 245 g/mol. The zero-order chi connectivity index (χ0) is 11.8. The third-order valence-electron chi connectivity index (χ3n) is 2.60. The van der Waals surface area contributed by atoms with Gasteiger partial charge < -0.3 is 0 Å². The van der Waals surface area contributed by atoms with Crippen molar-refractivity contribution in [3.05, 3.63) is 47.6 Å². The van der Waals surface area contributed by atoms with Gasteiger partial charge in [-0.3, -0.25) is 9.55 Å². The van der Waals surface area contributed by atoms with Gasteiger partial charge in [-0.2, -0.15) is 0 Å². The summed E-state index contributed by atoms with van der Waals surface area (Å²) in [7, 11) is 0. The SMILES string of the molecule is Cc1nccnc1-n1cc(Cl)c2cccnc21. The fourth-order valence-corrected chi connectivity index (χ4v) is 2.06. The lowest BCUT2D eigenvalue weighted by molar-refractivity contribution is 0.962. The highest BCUT2D eigenvalue weighted by Gasteiger charge is 2.11. The first-order valence-electron chi connectivity index (χ1n) is 5.17. The van der Waals surface area contributed by atoms with Crippen molar-refractivity contribution in [2.45, 2.75) is 6.92 Å². The first kappa shape index (κ1) is 10.2. The van der Waals surface area contributed by atoms with Gasteiger partial charge >= 0.3 is 0 Å². The van der Waals surface area contributed by atoms with Crippen LogP contribution >= 0.6 is 11.6 Å². The van der Waals surface area contributed by atoms with Crippen molar-refractivity contribution in [2.24, 2.45) is 0 Å². The standard InChI is InChI=1S/C12H9ClN4/c1-8-11(16-6-5-14-8)17-7-10(13)9-3-2-4-15-12(9)17/h2-7H,1H3. The van der Waals surface area contributed by atoms with Gasteiger partial charge in [-0.25, -0.2) is 9.97 Å². The van der Waals surface area contributed by atoms with Crippen LogP contribution in [0.1, 0.15) is 5.69 Å². The maximum Gasteiger partial charge on any atom is 0.159 e. The number of nitrogens with zero attached hydrogens (tertiary/aromatic N) is 4. The second kappa shape index (κ2) is 3.82. The van der Waals surface area contributed by atoms with Crippen LogP contribution in [0.5, 0.6) is 0 Å². The van der Waals surface area contributed by atoms with Gasteiger partial charge in [0.05, 0.1) is 10.7 Å². The smallest absolute Gasteiger partial charge is 0.159 e. The lowest BCUT2D eigenvalue weighted by Crippen LogP contribution is -2.01. The van der Waals surface area contributed by atoms with Gasteiger partial charge in [0.2, 0.25) is 0 Å². The number of aromatic nitrogens is 4. The Morgan fingerprint density at radius 3 is 2.76 bits per heavy atom. The Hall–Kier alpha value is -1.94. The molecule has 0 spiro atoms. The highest BCUT2D eigenvalue weighted by Crippen LogP contribution is 2.26. The number of hydrogen-bond donors (Lipinski definition) is 0. The average Bonchev–Trinajstić information content (AvgIpc) is 2.68. The summed E-state index contributed by atoms with van der Waals surface area (Å²) in [6, 6.07) is 3.80. The van der Waals surface area contributed by atoms with E-state index in [1.165, 1.54) is 0 Å². The summed E-state index contributed by atoms with van der Waals surface area (Å²) in [6.45, 7) is 1.91. The van der Waals surface area contributed by atoms with E-state index in [9.17, 15) is 0 Å². The Kier molecular flexibility index (Phi) is 2.30. The highest BCUT2D eigenvalue weighted by molar-refractivity contribution is 6.35. The predicted molar refractivity (Wildman–Crippen MR) is 66.4 cm³/mol. The maximum absolute atomic E-state index is 6.17. The quantitative estimate of drug-likeness (QED) is 0.661. The molecule has 0 amide bonds. The minimum atomic E-state index is 0.665. The molecule has 0 unspecified atom stereocenters. The van der Waals surface area contributed by atoms with Gasteiger partial charge in [0, 0.05) is 30.2 Å². The number of pyridine rings is 1. The molecule has 0 aliphatic carbocycles. The van der Waals surface area contributed by atoms with E-state index in [0.29, 0.717) is 5.02 Å². The van der Waals surface area contributed by atoms with Crippen LogP contribution in [0.25, 0.3) is 16.9 Å². The second-order valence-corrected chi connectivity index (χ2v) is 4.09. The Morgan fingerprint density at radius 1 is 1.12 bits per heavy atom. The molecule has 0 saturated heterocycles. The number of rotatable bonds is 1. The van der Waals surface area contributed by atoms with E-state index in [2.05, 4.69) is 15.0 Å². The van der Waals surface area contributed by atoms with E-state index in [1.54, 1.807) is 18.6 Å². The van der Waals surface area contributed by atoms with Crippen molar-refractivity contribution in [1.82, 2.24) is 19.5 Å². The van der Waals surface area contributed by atoms with Crippen molar-refractivity contribution in [1.29, 1.82) is 0 Å². The first-order chi connectivity index (χ1) is 8.27. The number of fused-ring (bicyclic) bond motifs is 1. The van der Waals surface area contributed by atoms with Gasteiger partial charge in [-0.05, 0) is 19.1 Å². The van der Waals surface area contributed by atoms with E-state index in [1.807, 2.05) is 29.8 Å². The summed E-state index contributed by atoms with van der Waals surface area (Å²) in [5.74, 6) is 0.753. The molecule has 0 aliphatic rings. The topological polar surface area (TPSA) is 43.6 Å². The molecule has 3 aromatic heterocycles. The molecule has 3 aromatic rings. The van der Waals surface area contributed by atoms with Gasteiger partial charge in [-0.1, -0.05) is 11.6 Å². The van der Waals surface area contributed by atoms with Crippen LogP contribution in [0.4, 0.5) is 0 Å². The normalized spacial score (nSPS) is 10.9. The predicted octanol–water partition coefficient (Wildman–Crippen LogP) is 2.78. The van der Waals surface area contributed by atoms with Crippen LogP contribution in [0.3, 0.4) is 0 Å². The van der Waals surface area contributed by atoms with Crippen molar-refractivity contribution in [2.75, 3.05) is 0 Å². The minimum Gasteiger partial charge on any atom is -0.282 e. The van der Waals surface area contributed by atoms with Gasteiger partial charge in [0.15, 0.2) is 5.82 Å². The Balaban J connectivity index is 2.35. The molecular weight excluding hydrogens is 236 g/mol. The fourth-order valence-electron chi connectivity index (χ4n) is 1.82. The van der Waals surface area contributed by atoms with Crippen LogP contribution in [-0.2, 0) is 0 Å². The molecule has 17 heavy (non-hydrogen) atoms. The van der Waals surface area contributed by atoms with Crippen molar-refractivity contribution >= 4 is 22.6 Å². The molecule has 0 radical (unpaired) electrons. The van der Waals surface area contributed by atoms with Gasteiger partial charge in [-0.15, -0.1) is 0 Å². The maximum atomic E-state index is 6.17. The summed E-state index contributed by atoms with van der Waals surface area (Å²) >= 11 is 6.17. The van der Waals surface area contributed by atoms with Crippen LogP contribution in [-0.4, -0.2) is 19.5 Å². The fraction of sp³-hybridized carbons (Fsp3) is 0.0833. The summed E-state index contributed by atoms with van der Waals surface area (Å²) in [5, 5.41) is 1.58. The zero-order valence-electron chi connectivity index (χ0n) is 9.13. The molecule has 0 N–H and O–H groups in total. The van der Waals surface area contributed by atoms with Crippen LogP contribution in [0, 0.1) is 6.92 Å². The summed E-state index contributed by atoms with van der Waals surface area (Å²) in [6.07, 6.45) is 6.88. The highest BCUT2D eigenvalue weighted by atomic mass is 35.5. The van der Waals surface area contributed by atoms with Crippen molar-refractivity contribution in [3.8, 4) is 5.82 Å². The van der Waals surface area contributed by atoms with Crippen LogP contribution < -0.4 is 0 Å². The van der Waals surface area contributed by atoms with E-state index >= 15 is 0 Å². The number of aryl methyl sites for hydroxylation is 1. The molecule has 0 aliphatic heterocycles. The lowest BCUT2D eigenvalue weighted by Gasteiger charge is -2.05. The van der Waals surface area contributed by atoms with Crippen LogP contribution in [0.2, 0.25) is 5.02 Å². The number of halogens is 1. The molecule has 5 heteroatoms. The minimum absolute atomic E-state index is 0.665. The largest absolute Gasteiger partial charge is 0.282 e. The summed E-state index contributed by atoms with van der Waals surface area (Å²) in [5.41, 5.74) is 1.63. The Labute approximate surface area is 103 Å². The monoisotopic (exact) mass is 244 g/mol. The molecule has 4 nitrogen and oxygen atoms in total. The van der Waals surface area contributed by atoms with Crippen molar-refractivity contribution in [3.63, 3.8) is 0 Å². The zero-order valence-corrected chi connectivity index (χ0v) is 9.89. The molecule has 3 rings (SSSR count). The lowest BCUT2D eigenvalue weighted by atomic mass is 10.3. The second-order valence-electron chi connectivity index (χ2n) is 3.69. The van der Waals surface area contributed by atoms with E-state index in [4.69, 9.17) is 11.6 Å². The van der Waals surface area contributed by atoms with Gasteiger partial charge in [0.25, 0.3) is 0 Å². The molecule has 0 bridgehead atoms. The third kappa shape index (κ3) is 1.57. The molecule has 0 aromatic carbocycles. The number of hydrogen-bond acceptors (Lipinski definition) is 3. The van der Waals surface area contributed by atoms with E-state index < -0.39 is 0 Å². The Bertz CT molecular complexity index is 690. The third-order valence-corrected chi connectivity index (χ3v) is 2.90. The molecule has 3 heterocycles. The summed E-state index contributed by atoms with van der Waals surface area (Å²) in [4.78, 5) is 12.9. The molecular formula is C12H9ClN4. The van der Waals surface area contributed by atoms with E-state index in [-0.39, 0.29) is 0 Å². The molecule has 0 atom stereocenters. The van der Waals surface area contributed by atoms with Crippen molar-refractivity contribution < 1.29 is 0 Å². The Morgan fingerprint density at radius 2 is 1.94 bits per heavy atom. The molecule has 84 valence electrons. The van der Waals surface area contributed by atoms with Gasteiger partial charge in [0.1, 0.15) is 5.65 Å². The molecule has 0 fully saturated rings. The summed E-state index contributed by atoms with van der Waals surface area (Å²) < 4.78 is 1.86. The van der Waals surface area contributed by atoms with E-state index in [0.717, 1.165) is 22.5 Å². The first-order valence-corrected chi connectivity index (χ1v) is 5.55.